The summed E-state index contributed by atoms with van der Waals surface area (Å²) in [7, 11) is 0. The summed E-state index contributed by atoms with van der Waals surface area (Å²) in [5.41, 5.74) is -0.594. The SMILES string of the molecule is CC(C)(C)OC(=O)N1CC(CCO)(S(=O)[O-])C1. The number of amides is 1. The molecule has 0 aromatic carbocycles. The molecule has 1 unspecified atom stereocenters. The number of aliphatic hydroxyl groups excluding tert-OH is 1. The van der Waals surface area contributed by atoms with Crippen molar-refractivity contribution in [3.63, 3.8) is 0 Å². The number of ether oxygens (including phenoxy) is 1. The van der Waals surface area contributed by atoms with Crippen LogP contribution >= 0.6 is 0 Å². The van der Waals surface area contributed by atoms with Crippen molar-refractivity contribution >= 4 is 17.2 Å². The number of hydrogen-bond donors (Lipinski definition) is 1. The minimum absolute atomic E-state index is 0.0819. The Hall–Kier alpha value is -0.660. The highest BCUT2D eigenvalue weighted by Crippen LogP contribution is 2.31. The molecular weight excluding hydrogens is 246 g/mol. The normalized spacial score (nSPS) is 20.6. The van der Waals surface area contributed by atoms with Crippen molar-refractivity contribution in [2.45, 2.75) is 37.5 Å². The lowest BCUT2D eigenvalue weighted by atomic mass is 9.96. The second-order valence-electron chi connectivity index (χ2n) is 5.23. The van der Waals surface area contributed by atoms with E-state index in [2.05, 4.69) is 0 Å². The molecule has 1 fully saturated rings. The molecule has 7 heteroatoms. The molecule has 1 N–H and O–H groups in total. The standard InChI is InChI=1S/C10H19NO5S/c1-9(2,3)16-8(13)11-6-10(7-11,4-5-12)17(14)15/h12H,4-7H2,1-3H3,(H,14,15)/p-1. The summed E-state index contributed by atoms with van der Waals surface area (Å²) in [6.45, 7) is 5.19. The fourth-order valence-corrected chi connectivity index (χ4v) is 2.44. The molecule has 1 atom stereocenters. The van der Waals surface area contributed by atoms with Crippen molar-refractivity contribution < 1.29 is 23.4 Å². The van der Waals surface area contributed by atoms with Crippen molar-refractivity contribution in [1.82, 2.24) is 4.90 Å². The third kappa shape index (κ3) is 3.40. The molecule has 1 aliphatic rings. The van der Waals surface area contributed by atoms with Crippen LogP contribution in [0.3, 0.4) is 0 Å². The first-order valence-corrected chi connectivity index (χ1v) is 6.46. The molecule has 0 saturated carbocycles. The lowest BCUT2D eigenvalue weighted by Crippen LogP contribution is -2.66. The van der Waals surface area contributed by atoms with Crippen LogP contribution in [-0.2, 0) is 15.8 Å². The van der Waals surface area contributed by atoms with Gasteiger partial charge in [0, 0.05) is 19.7 Å². The zero-order valence-electron chi connectivity index (χ0n) is 10.3. The predicted octanol–water partition coefficient (Wildman–Crippen LogP) is 0.237. The van der Waals surface area contributed by atoms with Gasteiger partial charge in [-0.3, -0.25) is 4.21 Å². The Bertz CT molecular complexity index is 319. The minimum atomic E-state index is -2.30. The maximum absolute atomic E-state index is 11.6. The Kier molecular flexibility index (Phi) is 4.16. The van der Waals surface area contributed by atoms with Crippen LogP contribution in [0.5, 0.6) is 0 Å². The van der Waals surface area contributed by atoms with Gasteiger partial charge in [-0.15, -0.1) is 0 Å². The molecule has 1 rings (SSSR count). The van der Waals surface area contributed by atoms with Crippen LogP contribution in [0, 0.1) is 0 Å². The summed E-state index contributed by atoms with van der Waals surface area (Å²) < 4.78 is 26.2. The second kappa shape index (κ2) is 4.91. The van der Waals surface area contributed by atoms with E-state index in [0.29, 0.717) is 0 Å². The van der Waals surface area contributed by atoms with Gasteiger partial charge in [-0.25, -0.2) is 4.79 Å². The van der Waals surface area contributed by atoms with Gasteiger partial charge in [0.25, 0.3) is 0 Å². The molecule has 0 radical (unpaired) electrons. The summed E-state index contributed by atoms with van der Waals surface area (Å²) in [5.74, 6) is 0. The Labute approximate surface area is 103 Å². The van der Waals surface area contributed by atoms with E-state index in [1.807, 2.05) is 0 Å². The summed E-state index contributed by atoms with van der Waals surface area (Å²) in [5, 5.41) is 8.82. The fraction of sp³-hybridized carbons (Fsp3) is 0.900. The van der Waals surface area contributed by atoms with E-state index in [1.54, 1.807) is 20.8 Å². The average Bonchev–Trinajstić information content (AvgIpc) is 2.06. The first kappa shape index (κ1) is 14.4. The van der Waals surface area contributed by atoms with Crippen molar-refractivity contribution in [2.75, 3.05) is 19.7 Å². The summed E-state index contributed by atoms with van der Waals surface area (Å²) >= 11 is -2.30. The molecule has 1 saturated heterocycles. The number of carbonyl (C=O) groups excluding carboxylic acids is 1. The van der Waals surface area contributed by atoms with Crippen molar-refractivity contribution in [3.05, 3.63) is 0 Å². The molecule has 0 aromatic heterocycles. The molecule has 100 valence electrons. The van der Waals surface area contributed by atoms with Gasteiger partial charge in [0.2, 0.25) is 0 Å². The minimum Gasteiger partial charge on any atom is -0.772 e. The lowest BCUT2D eigenvalue weighted by molar-refractivity contribution is 0.000582. The van der Waals surface area contributed by atoms with E-state index in [-0.39, 0.29) is 26.1 Å². The van der Waals surface area contributed by atoms with Gasteiger partial charge in [-0.05, 0) is 38.3 Å². The zero-order chi connectivity index (χ0) is 13.3. The third-order valence-electron chi connectivity index (χ3n) is 2.53. The highest BCUT2D eigenvalue weighted by Gasteiger charge is 2.47. The Morgan fingerprint density at radius 2 is 2.06 bits per heavy atom. The van der Waals surface area contributed by atoms with E-state index in [9.17, 15) is 13.6 Å². The van der Waals surface area contributed by atoms with Crippen LogP contribution < -0.4 is 0 Å². The highest BCUT2D eigenvalue weighted by molar-refractivity contribution is 7.80. The summed E-state index contributed by atoms with van der Waals surface area (Å²) in [4.78, 5) is 12.9. The summed E-state index contributed by atoms with van der Waals surface area (Å²) in [6, 6.07) is 0. The average molecular weight is 264 g/mol. The van der Waals surface area contributed by atoms with Gasteiger partial charge >= 0.3 is 6.09 Å². The summed E-state index contributed by atoms with van der Waals surface area (Å²) in [6.07, 6.45) is -0.376. The molecule has 1 heterocycles. The lowest BCUT2D eigenvalue weighted by Gasteiger charge is -2.50. The van der Waals surface area contributed by atoms with Crippen LogP contribution in [-0.4, -0.2) is 54.9 Å². The largest absolute Gasteiger partial charge is 0.772 e. The number of aliphatic hydroxyl groups is 1. The van der Waals surface area contributed by atoms with E-state index >= 15 is 0 Å². The monoisotopic (exact) mass is 264 g/mol. The molecule has 0 bridgehead atoms. The topological polar surface area (TPSA) is 89.9 Å². The van der Waals surface area contributed by atoms with Gasteiger partial charge in [-0.2, -0.15) is 0 Å². The first-order valence-electron chi connectivity index (χ1n) is 5.38. The number of rotatable bonds is 3. The zero-order valence-corrected chi connectivity index (χ0v) is 11.1. The van der Waals surface area contributed by atoms with E-state index < -0.39 is 27.5 Å². The molecule has 0 spiro atoms. The predicted molar refractivity (Wildman–Crippen MR) is 61.2 cm³/mol. The smallest absolute Gasteiger partial charge is 0.410 e. The van der Waals surface area contributed by atoms with E-state index in [4.69, 9.17) is 9.84 Å². The molecular formula is C10H18NO5S-. The number of nitrogens with zero attached hydrogens (tertiary/aromatic N) is 1. The number of likely N-dealkylation sites (tertiary alicyclic amines) is 1. The quantitative estimate of drug-likeness (QED) is 0.737. The third-order valence-corrected chi connectivity index (χ3v) is 3.70. The Balaban J connectivity index is 2.54. The van der Waals surface area contributed by atoms with Gasteiger partial charge in [0.05, 0.1) is 4.75 Å². The van der Waals surface area contributed by atoms with E-state index in [1.165, 1.54) is 4.90 Å². The molecule has 0 aromatic rings. The molecule has 1 aliphatic heterocycles. The molecule has 17 heavy (non-hydrogen) atoms. The van der Waals surface area contributed by atoms with Crippen molar-refractivity contribution in [2.24, 2.45) is 0 Å². The maximum atomic E-state index is 11.6. The number of carbonyl (C=O) groups is 1. The van der Waals surface area contributed by atoms with Gasteiger partial charge in [0.1, 0.15) is 5.60 Å². The molecule has 1 amide bonds. The fourth-order valence-electron chi connectivity index (χ4n) is 1.66. The van der Waals surface area contributed by atoms with Gasteiger partial charge < -0.3 is 19.3 Å². The first-order chi connectivity index (χ1) is 7.70. The Morgan fingerprint density at radius 1 is 1.53 bits per heavy atom. The Morgan fingerprint density at radius 3 is 2.41 bits per heavy atom. The van der Waals surface area contributed by atoms with Crippen LogP contribution in [0.1, 0.15) is 27.2 Å². The maximum Gasteiger partial charge on any atom is 0.410 e. The van der Waals surface area contributed by atoms with Crippen LogP contribution in [0.15, 0.2) is 0 Å². The molecule has 6 nitrogen and oxygen atoms in total. The molecule has 0 aliphatic carbocycles. The number of hydrogen-bond acceptors (Lipinski definition) is 5. The van der Waals surface area contributed by atoms with Crippen LogP contribution in [0.25, 0.3) is 0 Å². The van der Waals surface area contributed by atoms with Crippen molar-refractivity contribution in [3.8, 4) is 0 Å². The highest BCUT2D eigenvalue weighted by atomic mass is 32.2. The van der Waals surface area contributed by atoms with Gasteiger partial charge in [-0.1, -0.05) is 0 Å². The van der Waals surface area contributed by atoms with Gasteiger partial charge in [0.15, 0.2) is 0 Å². The van der Waals surface area contributed by atoms with Crippen LogP contribution in [0.2, 0.25) is 0 Å². The second-order valence-corrected chi connectivity index (χ2v) is 6.56. The van der Waals surface area contributed by atoms with Crippen LogP contribution in [0.4, 0.5) is 4.79 Å². The van der Waals surface area contributed by atoms with Crippen molar-refractivity contribution in [1.29, 1.82) is 0 Å². The van der Waals surface area contributed by atoms with E-state index in [0.717, 1.165) is 0 Å².